The van der Waals surface area contributed by atoms with Gasteiger partial charge in [-0.3, -0.25) is 4.79 Å². The van der Waals surface area contributed by atoms with Crippen molar-refractivity contribution < 1.29 is 4.79 Å². The quantitative estimate of drug-likeness (QED) is 0.860. The maximum atomic E-state index is 11.0. The van der Waals surface area contributed by atoms with Crippen LogP contribution in [0, 0.1) is 0 Å². The van der Waals surface area contributed by atoms with Gasteiger partial charge in [0.25, 0.3) is 0 Å². The van der Waals surface area contributed by atoms with Crippen molar-refractivity contribution in [1.82, 2.24) is 0 Å². The van der Waals surface area contributed by atoms with E-state index in [0.29, 0.717) is 0 Å². The zero-order valence-corrected chi connectivity index (χ0v) is 13.1. The highest BCUT2D eigenvalue weighted by molar-refractivity contribution is 9.10. The number of nitrogens with one attached hydrogen (secondary N) is 2. The lowest BCUT2D eigenvalue weighted by Crippen LogP contribution is -2.08. The fraction of sp³-hybridized carbons (Fsp3) is 0.188. The van der Waals surface area contributed by atoms with Crippen LogP contribution in [0.5, 0.6) is 0 Å². The highest BCUT2D eigenvalue weighted by Gasteiger charge is 2.08. The van der Waals surface area contributed by atoms with E-state index in [2.05, 4.69) is 39.6 Å². The minimum absolute atomic E-state index is 0.0627. The summed E-state index contributed by atoms with van der Waals surface area (Å²) in [5, 5.41) is 6.19. The second-order valence-electron chi connectivity index (χ2n) is 4.65. The molecule has 0 aliphatic heterocycles. The first kappa shape index (κ1) is 14.6. The summed E-state index contributed by atoms with van der Waals surface area (Å²) in [6.45, 7) is 3.61. The van der Waals surface area contributed by atoms with Crippen molar-refractivity contribution in [2.75, 3.05) is 10.6 Å². The molecule has 1 unspecified atom stereocenters. The molecule has 1 amide bonds. The van der Waals surface area contributed by atoms with E-state index in [1.165, 1.54) is 12.5 Å². The van der Waals surface area contributed by atoms with Gasteiger partial charge < -0.3 is 10.6 Å². The molecule has 0 saturated heterocycles. The van der Waals surface area contributed by atoms with Crippen molar-refractivity contribution in [2.45, 2.75) is 19.9 Å². The Morgan fingerprint density at radius 2 is 1.65 bits per heavy atom. The fourth-order valence-electron chi connectivity index (χ4n) is 2.01. The lowest BCUT2D eigenvalue weighted by Gasteiger charge is -2.17. The number of benzene rings is 2. The molecule has 4 heteroatoms. The molecule has 0 aliphatic rings. The molecule has 2 N–H and O–H groups in total. The molecule has 1 atom stereocenters. The molecular weight excluding hydrogens is 316 g/mol. The molecule has 0 aromatic heterocycles. The normalized spacial score (nSPS) is 11.8. The number of hydrogen-bond acceptors (Lipinski definition) is 2. The molecule has 20 heavy (non-hydrogen) atoms. The van der Waals surface area contributed by atoms with E-state index in [4.69, 9.17) is 0 Å². The van der Waals surface area contributed by atoms with Gasteiger partial charge in [-0.15, -0.1) is 0 Å². The molecule has 0 radical (unpaired) electrons. The molecule has 2 aromatic rings. The molecule has 3 nitrogen and oxygen atoms in total. The monoisotopic (exact) mass is 332 g/mol. The molecular formula is C16H17BrN2O. The average molecular weight is 333 g/mol. The Hall–Kier alpha value is -1.81. The standard InChI is InChI=1S/C16H17BrN2O/c1-11(15-5-3-4-6-16(15)17)18-13-7-9-14(10-8-13)19-12(2)20/h3-11,18H,1-2H3,(H,19,20). The summed E-state index contributed by atoms with van der Waals surface area (Å²) in [5.41, 5.74) is 3.03. The van der Waals surface area contributed by atoms with E-state index in [1.54, 1.807) is 0 Å². The van der Waals surface area contributed by atoms with Crippen molar-refractivity contribution >= 4 is 33.2 Å². The molecule has 2 aromatic carbocycles. The first-order chi connectivity index (χ1) is 9.56. The maximum absolute atomic E-state index is 11.0. The molecule has 0 heterocycles. The van der Waals surface area contributed by atoms with Crippen LogP contribution in [0.1, 0.15) is 25.5 Å². The Balaban J connectivity index is 2.06. The van der Waals surface area contributed by atoms with Gasteiger partial charge >= 0.3 is 0 Å². The predicted molar refractivity (Wildman–Crippen MR) is 86.9 cm³/mol. The zero-order chi connectivity index (χ0) is 14.5. The van der Waals surface area contributed by atoms with Crippen LogP contribution in [0.3, 0.4) is 0 Å². The van der Waals surface area contributed by atoms with Gasteiger partial charge in [0.15, 0.2) is 0 Å². The minimum atomic E-state index is -0.0627. The lowest BCUT2D eigenvalue weighted by atomic mass is 10.1. The third kappa shape index (κ3) is 3.84. The first-order valence-electron chi connectivity index (χ1n) is 6.45. The van der Waals surface area contributed by atoms with Gasteiger partial charge in [-0.1, -0.05) is 34.1 Å². The second-order valence-corrected chi connectivity index (χ2v) is 5.50. The minimum Gasteiger partial charge on any atom is -0.378 e. The van der Waals surface area contributed by atoms with Gasteiger partial charge in [0.2, 0.25) is 5.91 Å². The number of anilines is 2. The van der Waals surface area contributed by atoms with Crippen LogP contribution in [-0.2, 0) is 4.79 Å². The summed E-state index contributed by atoms with van der Waals surface area (Å²) in [6, 6.07) is 16.0. The highest BCUT2D eigenvalue weighted by Crippen LogP contribution is 2.26. The summed E-state index contributed by atoms with van der Waals surface area (Å²) in [7, 11) is 0. The highest BCUT2D eigenvalue weighted by atomic mass is 79.9. The van der Waals surface area contributed by atoms with E-state index in [0.717, 1.165) is 15.8 Å². The van der Waals surface area contributed by atoms with Gasteiger partial charge in [-0.2, -0.15) is 0 Å². The SMILES string of the molecule is CC(=O)Nc1ccc(NC(C)c2ccccc2Br)cc1. The van der Waals surface area contributed by atoms with Crippen molar-refractivity contribution in [2.24, 2.45) is 0 Å². The number of carbonyl (C=O) groups excluding carboxylic acids is 1. The molecule has 2 rings (SSSR count). The number of rotatable bonds is 4. The first-order valence-corrected chi connectivity index (χ1v) is 7.24. The van der Waals surface area contributed by atoms with Gasteiger partial charge in [0.05, 0.1) is 0 Å². The fourth-order valence-corrected chi connectivity index (χ4v) is 2.64. The van der Waals surface area contributed by atoms with Crippen LogP contribution >= 0.6 is 15.9 Å². The van der Waals surface area contributed by atoms with E-state index < -0.39 is 0 Å². The van der Waals surface area contributed by atoms with Crippen LogP contribution in [0.25, 0.3) is 0 Å². The van der Waals surface area contributed by atoms with Crippen LogP contribution in [0.4, 0.5) is 11.4 Å². The Morgan fingerprint density at radius 3 is 2.25 bits per heavy atom. The van der Waals surface area contributed by atoms with E-state index in [9.17, 15) is 4.79 Å². The van der Waals surface area contributed by atoms with Gasteiger partial charge in [0, 0.05) is 28.8 Å². The van der Waals surface area contributed by atoms with Crippen molar-refractivity contribution in [3.8, 4) is 0 Å². The Kier molecular flexibility index (Phi) is 4.79. The Labute approximate surface area is 127 Å². The Bertz CT molecular complexity index is 596. The summed E-state index contributed by atoms with van der Waals surface area (Å²) < 4.78 is 1.09. The molecule has 0 saturated carbocycles. The third-order valence-electron chi connectivity index (χ3n) is 2.96. The molecule has 0 bridgehead atoms. The summed E-state index contributed by atoms with van der Waals surface area (Å²) in [6.07, 6.45) is 0. The third-order valence-corrected chi connectivity index (χ3v) is 3.68. The largest absolute Gasteiger partial charge is 0.378 e. The van der Waals surface area contributed by atoms with Gasteiger partial charge in [-0.25, -0.2) is 0 Å². The molecule has 0 spiro atoms. The number of halogens is 1. The van der Waals surface area contributed by atoms with E-state index in [1.807, 2.05) is 42.5 Å². The summed E-state index contributed by atoms with van der Waals surface area (Å²) >= 11 is 3.56. The van der Waals surface area contributed by atoms with Crippen LogP contribution in [0.15, 0.2) is 53.0 Å². The van der Waals surface area contributed by atoms with Crippen LogP contribution in [-0.4, -0.2) is 5.91 Å². The second kappa shape index (κ2) is 6.57. The zero-order valence-electron chi connectivity index (χ0n) is 11.5. The number of amides is 1. The Morgan fingerprint density at radius 1 is 1.05 bits per heavy atom. The number of carbonyl (C=O) groups is 1. The topological polar surface area (TPSA) is 41.1 Å². The maximum Gasteiger partial charge on any atom is 0.221 e. The van der Waals surface area contributed by atoms with Crippen LogP contribution in [0.2, 0.25) is 0 Å². The van der Waals surface area contributed by atoms with Gasteiger partial charge in [0.1, 0.15) is 0 Å². The summed E-state index contributed by atoms with van der Waals surface area (Å²) in [4.78, 5) is 11.0. The number of hydrogen-bond donors (Lipinski definition) is 2. The van der Waals surface area contributed by atoms with Crippen molar-refractivity contribution in [1.29, 1.82) is 0 Å². The molecule has 104 valence electrons. The van der Waals surface area contributed by atoms with E-state index >= 15 is 0 Å². The molecule has 0 aliphatic carbocycles. The summed E-state index contributed by atoms with van der Waals surface area (Å²) in [5.74, 6) is -0.0627. The smallest absolute Gasteiger partial charge is 0.221 e. The molecule has 0 fully saturated rings. The lowest BCUT2D eigenvalue weighted by molar-refractivity contribution is -0.114. The van der Waals surface area contributed by atoms with Gasteiger partial charge in [-0.05, 0) is 42.8 Å². The van der Waals surface area contributed by atoms with E-state index in [-0.39, 0.29) is 11.9 Å². The van der Waals surface area contributed by atoms with Crippen molar-refractivity contribution in [3.05, 3.63) is 58.6 Å². The average Bonchev–Trinajstić information content (AvgIpc) is 2.41. The van der Waals surface area contributed by atoms with Crippen molar-refractivity contribution in [3.63, 3.8) is 0 Å². The van der Waals surface area contributed by atoms with Crippen LogP contribution < -0.4 is 10.6 Å². The predicted octanol–water partition coefficient (Wildman–Crippen LogP) is 4.58.